The van der Waals surface area contributed by atoms with E-state index in [4.69, 9.17) is 14.7 Å². The van der Waals surface area contributed by atoms with Gasteiger partial charge in [-0.25, -0.2) is 14.2 Å². The summed E-state index contributed by atoms with van der Waals surface area (Å²) in [7, 11) is 1.93. The van der Waals surface area contributed by atoms with Crippen LogP contribution in [0.5, 0.6) is 11.6 Å². The predicted molar refractivity (Wildman–Crippen MR) is 151 cm³/mol. The molecule has 7 nitrogen and oxygen atoms in total. The number of urea groups is 1. The van der Waals surface area contributed by atoms with Gasteiger partial charge in [-0.05, 0) is 53.4 Å². The van der Waals surface area contributed by atoms with Gasteiger partial charge in [-0.1, -0.05) is 56.3 Å². The number of anilines is 2. The molecule has 8 heteroatoms. The molecule has 0 atom stereocenters. The van der Waals surface area contributed by atoms with Crippen molar-refractivity contribution in [2.75, 3.05) is 23.8 Å². The van der Waals surface area contributed by atoms with Gasteiger partial charge in [-0.3, -0.25) is 0 Å². The number of fused-ring (bicyclic) bond motifs is 1. The molecule has 0 unspecified atom stereocenters. The van der Waals surface area contributed by atoms with Crippen molar-refractivity contribution < 1.29 is 13.9 Å². The van der Waals surface area contributed by atoms with E-state index in [1.807, 2.05) is 54.4 Å². The Morgan fingerprint density at radius 2 is 1.74 bits per heavy atom. The van der Waals surface area contributed by atoms with Gasteiger partial charge >= 0.3 is 6.03 Å². The molecular weight excluding hydrogens is 493 g/mol. The topological polar surface area (TPSA) is 70.6 Å². The molecular formula is C31H32FN5O2. The monoisotopic (exact) mass is 525 g/mol. The van der Waals surface area contributed by atoms with Crippen LogP contribution in [0.4, 0.5) is 20.8 Å². The van der Waals surface area contributed by atoms with Crippen molar-refractivity contribution in [2.45, 2.75) is 39.3 Å². The number of carbonyl (C=O) groups is 1. The lowest BCUT2D eigenvalue weighted by atomic mass is 10.0. The molecule has 0 saturated heterocycles. The van der Waals surface area contributed by atoms with Crippen LogP contribution in [0.15, 0.2) is 78.9 Å². The zero-order valence-corrected chi connectivity index (χ0v) is 22.4. The molecule has 4 aromatic rings. The number of aromatic nitrogens is 2. The van der Waals surface area contributed by atoms with Crippen LogP contribution >= 0.6 is 0 Å². The molecule has 1 aliphatic heterocycles. The molecule has 2 heterocycles. The maximum Gasteiger partial charge on any atom is 0.322 e. The number of rotatable bonds is 7. The minimum atomic E-state index is -0.348. The number of hydrogen-bond donors (Lipinski definition) is 1. The number of hydrogen-bond acceptors (Lipinski definition) is 5. The Balaban J connectivity index is 1.39. The lowest BCUT2D eigenvalue weighted by molar-refractivity contribution is 0.205. The molecule has 1 N–H and O–H groups in total. The summed E-state index contributed by atoms with van der Waals surface area (Å²) in [6, 6.07) is 23.6. The van der Waals surface area contributed by atoms with Crippen molar-refractivity contribution in [3.8, 4) is 11.6 Å². The van der Waals surface area contributed by atoms with Gasteiger partial charge in [-0.2, -0.15) is 4.98 Å². The van der Waals surface area contributed by atoms with Crippen LogP contribution < -0.4 is 15.0 Å². The van der Waals surface area contributed by atoms with Crippen LogP contribution in [0.3, 0.4) is 0 Å². The van der Waals surface area contributed by atoms with Gasteiger partial charge in [0.25, 0.3) is 0 Å². The number of ether oxygens (including phenoxy) is 1. The summed E-state index contributed by atoms with van der Waals surface area (Å²) in [6.45, 7) is 5.70. The molecule has 0 saturated carbocycles. The second-order valence-electron chi connectivity index (χ2n) is 10.0. The highest BCUT2D eigenvalue weighted by atomic mass is 19.1. The number of carbonyl (C=O) groups excluding carboxylic acids is 1. The van der Waals surface area contributed by atoms with E-state index in [9.17, 15) is 9.18 Å². The van der Waals surface area contributed by atoms with E-state index in [0.717, 1.165) is 22.5 Å². The predicted octanol–water partition coefficient (Wildman–Crippen LogP) is 6.76. The summed E-state index contributed by atoms with van der Waals surface area (Å²) in [6.07, 6.45) is 0.559. The molecule has 2 amide bonds. The molecule has 1 aliphatic rings. The molecule has 39 heavy (non-hydrogen) atoms. The third-order valence-corrected chi connectivity index (χ3v) is 6.76. The Labute approximate surface area is 228 Å². The highest BCUT2D eigenvalue weighted by Crippen LogP contribution is 2.32. The first-order valence-corrected chi connectivity index (χ1v) is 13.1. The van der Waals surface area contributed by atoms with Crippen molar-refractivity contribution in [1.82, 2.24) is 14.9 Å². The quantitative estimate of drug-likeness (QED) is 0.289. The number of nitrogens with one attached hydrogen (secondary N) is 1. The van der Waals surface area contributed by atoms with Crippen LogP contribution in [0, 0.1) is 5.82 Å². The molecule has 200 valence electrons. The van der Waals surface area contributed by atoms with E-state index < -0.39 is 0 Å². The fourth-order valence-electron chi connectivity index (χ4n) is 4.50. The molecule has 0 fully saturated rings. The van der Waals surface area contributed by atoms with E-state index in [0.29, 0.717) is 49.6 Å². The summed E-state index contributed by atoms with van der Waals surface area (Å²) in [4.78, 5) is 26.4. The van der Waals surface area contributed by atoms with E-state index in [-0.39, 0.29) is 11.8 Å². The zero-order chi connectivity index (χ0) is 27.4. The summed E-state index contributed by atoms with van der Waals surface area (Å²) >= 11 is 0. The fourth-order valence-corrected chi connectivity index (χ4v) is 4.50. The molecule has 0 spiro atoms. The molecule has 1 aromatic heterocycles. The van der Waals surface area contributed by atoms with Crippen molar-refractivity contribution >= 4 is 17.7 Å². The Hall–Kier alpha value is -4.46. The minimum absolute atomic E-state index is 0.198. The summed E-state index contributed by atoms with van der Waals surface area (Å²) in [5.41, 5.74) is 4.67. The van der Waals surface area contributed by atoms with Gasteiger partial charge in [0.05, 0.1) is 17.8 Å². The third-order valence-electron chi connectivity index (χ3n) is 6.76. The first-order valence-electron chi connectivity index (χ1n) is 13.1. The highest BCUT2D eigenvalue weighted by molar-refractivity contribution is 5.89. The average molecular weight is 526 g/mol. The zero-order valence-electron chi connectivity index (χ0n) is 22.4. The average Bonchev–Trinajstić information content (AvgIpc) is 2.94. The molecule has 3 aromatic carbocycles. The Morgan fingerprint density at radius 3 is 2.44 bits per heavy atom. The minimum Gasteiger partial charge on any atom is -0.438 e. The Kier molecular flexibility index (Phi) is 7.72. The Bertz CT molecular complexity index is 1430. The number of halogens is 1. The first kappa shape index (κ1) is 26.2. The van der Waals surface area contributed by atoms with Crippen molar-refractivity contribution in [3.05, 3.63) is 107 Å². The smallest absolute Gasteiger partial charge is 0.322 e. The van der Waals surface area contributed by atoms with Crippen molar-refractivity contribution in [1.29, 1.82) is 0 Å². The van der Waals surface area contributed by atoms with Crippen LogP contribution in [0.1, 0.15) is 42.1 Å². The SMILES string of the molecule is CC(C)c1ccc(NC(=O)N2CCc3nc(N(C)Cc4ccccc4)nc(Oc4ccc(F)cc4)c3C2)cc1. The normalized spacial score (nSPS) is 12.7. The van der Waals surface area contributed by atoms with E-state index in [1.165, 1.54) is 17.7 Å². The Morgan fingerprint density at radius 1 is 1.03 bits per heavy atom. The van der Waals surface area contributed by atoms with Gasteiger partial charge in [-0.15, -0.1) is 0 Å². The first-order chi connectivity index (χ1) is 18.9. The van der Waals surface area contributed by atoms with Gasteiger partial charge in [0.1, 0.15) is 11.6 Å². The largest absolute Gasteiger partial charge is 0.438 e. The van der Waals surface area contributed by atoms with Gasteiger partial charge in [0, 0.05) is 32.2 Å². The third kappa shape index (κ3) is 6.34. The fraction of sp³-hybridized carbons (Fsp3) is 0.258. The van der Waals surface area contributed by atoms with Crippen LogP contribution in [-0.2, 0) is 19.5 Å². The molecule has 0 radical (unpaired) electrons. The lowest BCUT2D eigenvalue weighted by Crippen LogP contribution is -2.39. The van der Waals surface area contributed by atoms with Gasteiger partial charge in [0.2, 0.25) is 11.8 Å². The van der Waals surface area contributed by atoms with Crippen molar-refractivity contribution in [2.24, 2.45) is 0 Å². The summed E-state index contributed by atoms with van der Waals surface area (Å²) < 4.78 is 19.7. The van der Waals surface area contributed by atoms with E-state index in [2.05, 4.69) is 31.3 Å². The van der Waals surface area contributed by atoms with Crippen LogP contribution in [0.25, 0.3) is 0 Å². The standard InChI is InChI=1S/C31H32FN5O2/c1-21(2)23-9-13-25(14-10-23)33-31(38)37-18-17-28-27(20-37)29(39-26-15-11-24(32)12-16-26)35-30(34-28)36(3)19-22-7-5-4-6-8-22/h4-16,21H,17-20H2,1-3H3,(H,33,38). The van der Waals surface area contributed by atoms with Gasteiger partial charge in [0.15, 0.2) is 0 Å². The molecule has 5 rings (SSSR count). The number of benzene rings is 3. The van der Waals surface area contributed by atoms with E-state index >= 15 is 0 Å². The second-order valence-corrected chi connectivity index (χ2v) is 10.0. The van der Waals surface area contributed by atoms with Gasteiger partial charge < -0.3 is 19.9 Å². The molecule has 0 bridgehead atoms. The number of amides is 2. The van der Waals surface area contributed by atoms with Crippen LogP contribution in [0.2, 0.25) is 0 Å². The van der Waals surface area contributed by atoms with E-state index in [1.54, 1.807) is 17.0 Å². The maximum absolute atomic E-state index is 13.5. The second kappa shape index (κ2) is 11.5. The summed E-state index contributed by atoms with van der Waals surface area (Å²) in [5.74, 6) is 1.42. The molecule has 0 aliphatic carbocycles. The maximum atomic E-state index is 13.5. The lowest BCUT2D eigenvalue weighted by Gasteiger charge is -2.30. The van der Waals surface area contributed by atoms with Crippen molar-refractivity contribution in [3.63, 3.8) is 0 Å². The highest BCUT2D eigenvalue weighted by Gasteiger charge is 2.27. The van der Waals surface area contributed by atoms with Crippen LogP contribution in [-0.4, -0.2) is 34.5 Å². The number of nitrogens with zero attached hydrogens (tertiary/aromatic N) is 4. The summed E-state index contributed by atoms with van der Waals surface area (Å²) in [5, 5.41) is 3.00.